The Kier molecular flexibility index (Phi) is 6.20. The van der Waals surface area contributed by atoms with E-state index in [1.807, 2.05) is 6.07 Å². The van der Waals surface area contributed by atoms with Gasteiger partial charge in [-0.3, -0.25) is 0 Å². The van der Waals surface area contributed by atoms with Crippen LogP contribution >= 0.6 is 23.2 Å². The minimum Gasteiger partial charge on any atom is -0.488 e. The number of aromatic carboxylic acids is 1. The fourth-order valence-electron chi connectivity index (χ4n) is 3.58. The molecule has 0 radical (unpaired) electrons. The monoisotopic (exact) mass is 460 g/mol. The van der Waals surface area contributed by atoms with Gasteiger partial charge in [0.05, 0.1) is 16.9 Å². The third-order valence-corrected chi connectivity index (χ3v) is 5.55. The second kappa shape index (κ2) is 9.04. The molecule has 2 N–H and O–H groups in total. The maximum absolute atomic E-state index is 14.1. The molecule has 0 saturated carbocycles. The number of nitrogens with zero attached hydrogens (tertiary/aromatic N) is 1. The summed E-state index contributed by atoms with van der Waals surface area (Å²) in [6.45, 7) is 1.77. The van der Waals surface area contributed by atoms with Crippen molar-refractivity contribution in [3.05, 3.63) is 87.2 Å². The summed E-state index contributed by atoms with van der Waals surface area (Å²) in [6, 6.07) is 14.9. The lowest BCUT2D eigenvalue weighted by atomic mass is 10.1. The molecule has 0 unspecified atom stereocenters. The van der Waals surface area contributed by atoms with Crippen LogP contribution in [0.5, 0.6) is 5.75 Å². The van der Waals surface area contributed by atoms with Crippen LogP contribution < -0.4 is 15.0 Å². The molecule has 0 amide bonds. The largest absolute Gasteiger partial charge is 0.488 e. The van der Waals surface area contributed by atoms with Crippen LogP contribution in [0.15, 0.2) is 54.6 Å². The first-order chi connectivity index (χ1) is 14.9. The number of carbonyl (C=O) groups is 1. The molecule has 3 aromatic carbocycles. The van der Waals surface area contributed by atoms with Crippen molar-refractivity contribution in [1.29, 1.82) is 0 Å². The van der Waals surface area contributed by atoms with Gasteiger partial charge in [-0.15, -0.1) is 0 Å². The van der Waals surface area contributed by atoms with E-state index < -0.39 is 11.8 Å². The summed E-state index contributed by atoms with van der Waals surface area (Å²) in [5, 5.41) is 13.5. The van der Waals surface area contributed by atoms with Crippen molar-refractivity contribution in [1.82, 2.24) is 0 Å². The van der Waals surface area contributed by atoms with E-state index >= 15 is 0 Å². The van der Waals surface area contributed by atoms with E-state index in [2.05, 4.69) is 10.2 Å². The lowest BCUT2D eigenvalue weighted by molar-refractivity contribution is 0.0698. The first-order valence-corrected chi connectivity index (χ1v) is 10.4. The van der Waals surface area contributed by atoms with Gasteiger partial charge in [0.15, 0.2) is 0 Å². The number of carboxylic acid groups (broad SMARTS) is 1. The maximum atomic E-state index is 14.1. The van der Waals surface area contributed by atoms with Crippen LogP contribution in [0.4, 0.5) is 15.8 Å². The minimum absolute atomic E-state index is 0.0406. The highest BCUT2D eigenvalue weighted by Gasteiger charge is 2.23. The van der Waals surface area contributed by atoms with Gasteiger partial charge in [0.25, 0.3) is 0 Å². The van der Waals surface area contributed by atoms with Gasteiger partial charge in [0.1, 0.15) is 18.2 Å². The molecule has 31 heavy (non-hydrogen) atoms. The Hall–Kier alpha value is -2.96. The zero-order valence-corrected chi connectivity index (χ0v) is 17.9. The normalized spacial score (nSPS) is 12.8. The molecule has 0 saturated heterocycles. The molecular weight excluding hydrogens is 442 g/mol. The molecule has 4 rings (SSSR count). The van der Waals surface area contributed by atoms with E-state index in [-0.39, 0.29) is 12.2 Å². The summed E-state index contributed by atoms with van der Waals surface area (Å²) in [6.07, 6.45) is 0. The summed E-state index contributed by atoms with van der Waals surface area (Å²) < 4.78 is 20.0. The molecule has 0 aromatic heterocycles. The molecule has 1 heterocycles. The van der Waals surface area contributed by atoms with Gasteiger partial charge in [-0.25, -0.2) is 9.18 Å². The topological polar surface area (TPSA) is 61.8 Å². The zero-order valence-electron chi connectivity index (χ0n) is 16.4. The molecule has 8 heteroatoms. The first-order valence-electron chi connectivity index (χ1n) is 9.62. The number of benzene rings is 3. The number of para-hydroxylation sites is 1. The predicted molar refractivity (Wildman–Crippen MR) is 120 cm³/mol. The third kappa shape index (κ3) is 4.70. The molecule has 5 nitrogen and oxygen atoms in total. The average molecular weight is 461 g/mol. The maximum Gasteiger partial charge on any atom is 0.337 e. The smallest absolute Gasteiger partial charge is 0.337 e. The van der Waals surface area contributed by atoms with E-state index in [9.17, 15) is 14.3 Å². The lowest BCUT2D eigenvalue weighted by Crippen LogP contribution is -2.34. The first kappa shape index (κ1) is 21.3. The highest BCUT2D eigenvalue weighted by molar-refractivity contribution is 6.30. The molecule has 0 fully saturated rings. The van der Waals surface area contributed by atoms with Gasteiger partial charge in [0.2, 0.25) is 0 Å². The van der Waals surface area contributed by atoms with E-state index in [1.54, 1.807) is 42.5 Å². The minimum atomic E-state index is -0.983. The Balaban J connectivity index is 1.59. The number of carboxylic acids is 1. The molecule has 1 aliphatic heterocycles. The molecule has 160 valence electrons. The Morgan fingerprint density at radius 2 is 1.87 bits per heavy atom. The molecular formula is C23H19Cl2FN2O3. The molecule has 1 aliphatic rings. The number of hydrogen-bond acceptors (Lipinski definition) is 4. The summed E-state index contributed by atoms with van der Waals surface area (Å²) in [5.41, 5.74) is 2.82. The van der Waals surface area contributed by atoms with Crippen LogP contribution in [0.25, 0.3) is 0 Å². The van der Waals surface area contributed by atoms with Crippen molar-refractivity contribution in [2.75, 3.05) is 23.3 Å². The van der Waals surface area contributed by atoms with Crippen LogP contribution in [-0.4, -0.2) is 24.2 Å². The van der Waals surface area contributed by atoms with Gasteiger partial charge in [-0.1, -0.05) is 35.3 Å². The average Bonchev–Trinajstić information content (AvgIpc) is 2.74. The summed E-state index contributed by atoms with van der Waals surface area (Å²) in [7, 11) is 0. The van der Waals surface area contributed by atoms with E-state index in [0.717, 1.165) is 11.3 Å². The van der Waals surface area contributed by atoms with Crippen molar-refractivity contribution >= 4 is 40.5 Å². The Morgan fingerprint density at radius 1 is 1.10 bits per heavy atom. The van der Waals surface area contributed by atoms with Gasteiger partial charge < -0.3 is 20.1 Å². The van der Waals surface area contributed by atoms with Gasteiger partial charge in [-0.05, 0) is 42.5 Å². The summed E-state index contributed by atoms with van der Waals surface area (Å²) in [4.78, 5) is 13.6. The summed E-state index contributed by atoms with van der Waals surface area (Å²) >= 11 is 12.0. The fraction of sp³-hybridized carbons (Fsp3) is 0.174. The number of nitrogens with one attached hydrogen (secondary N) is 1. The van der Waals surface area contributed by atoms with Crippen LogP contribution in [0.1, 0.15) is 21.5 Å². The number of anilines is 2. The third-order valence-electron chi connectivity index (χ3n) is 5.08. The van der Waals surface area contributed by atoms with Crippen molar-refractivity contribution in [2.24, 2.45) is 0 Å². The number of hydrogen-bond donors (Lipinski definition) is 2. The highest BCUT2D eigenvalue weighted by Crippen LogP contribution is 2.35. The van der Waals surface area contributed by atoms with E-state index in [0.29, 0.717) is 46.7 Å². The van der Waals surface area contributed by atoms with Gasteiger partial charge in [-0.2, -0.15) is 0 Å². The van der Waals surface area contributed by atoms with Crippen LogP contribution in [0.3, 0.4) is 0 Å². The van der Waals surface area contributed by atoms with Crippen LogP contribution in [0.2, 0.25) is 10.0 Å². The molecule has 0 aliphatic carbocycles. The van der Waals surface area contributed by atoms with Gasteiger partial charge >= 0.3 is 5.97 Å². The second-order valence-corrected chi connectivity index (χ2v) is 8.00. The van der Waals surface area contributed by atoms with E-state index in [1.165, 1.54) is 6.07 Å². The SMILES string of the molecule is O=C(O)c1cccc2c1NCCN2Cc1cc(Cl)ccc1OCc1ccc(Cl)cc1F. The van der Waals surface area contributed by atoms with Crippen molar-refractivity contribution in [2.45, 2.75) is 13.2 Å². The Labute approximate surface area is 189 Å². The predicted octanol–water partition coefficient (Wildman–Crippen LogP) is 5.84. The van der Waals surface area contributed by atoms with Crippen LogP contribution in [-0.2, 0) is 13.2 Å². The zero-order chi connectivity index (χ0) is 22.0. The number of halogens is 3. The molecule has 0 bridgehead atoms. The van der Waals surface area contributed by atoms with Crippen molar-refractivity contribution in [3.8, 4) is 5.75 Å². The molecule has 0 atom stereocenters. The Bertz CT molecular complexity index is 1140. The Morgan fingerprint density at radius 3 is 2.65 bits per heavy atom. The number of fused-ring (bicyclic) bond motifs is 1. The standard InChI is InChI=1S/C23H19Cl2FN2O3/c24-16-6-7-21(31-13-14-4-5-17(25)11-19(14)26)15(10-16)12-28-9-8-27-22-18(23(29)30)2-1-3-20(22)28/h1-7,10-11,27H,8-9,12-13H2,(H,29,30). The molecule has 3 aromatic rings. The number of rotatable bonds is 6. The second-order valence-electron chi connectivity index (χ2n) is 7.13. The summed E-state index contributed by atoms with van der Waals surface area (Å²) in [5.74, 6) is -0.837. The lowest BCUT2D eigenvalue weighted by Gasteiger charge is -2.33. The van der Waals surface area contributed by atoms with Gasteiger partial charge in [0, 0.05) is 40.8 Å². The highest BCUT2D eigenvalue weighted by atomic mass is 35.5. The fourth-order valence-corrected chi connectivity index (χ4v) is 3.93. The van der Waals surface area contributed by atoms with Crippen LogP contribution in [0, 0.1) is 5.82 Å². The number of ether oxygens (including phenoxy) is 1. The van der Waals surface area contributed by atoms with Crippen molar-refractivity contribution in [3.63, 3.8) is 0 Å². The van der Waals surface area contributed by atoms with Crippen molar-refractivity contribution < 1.29 is 19.0 Å². The van der Waals surface area contributed by atoms with E-state index in [4.69, 9.17) is 27.9 Å². The molecule has 0 spiro atoms. The quantitative estimate of drug-likeness (QED) is 0.483.